The lowest BCUT2D eigenvalue weighted by atomic mass is 9.78. The first kappa shape index (κ1) is 12.6. The largest absolute Gasteiger partial charge is 0.339 e. The van der Waals surface area contributed by atoms with Gasteiger partial charge >= 0.3 is 0 Å². The predicted molar refractivity (Wildman–Crippen MR) is 66.6 cm³/mol. The summed E-state index contributed by atoms with van der Waals surface area (Å²) in [6.07, 6.45) is 8.32. The maximum absolute atomic E-state index is 12.1. The molecule has 3 heteroatoms. The highest BCUT2D eigenvalue weighted by Gasteiger charge is 2.35. The SMILES string of the molecule is CC(=O)CCC(=O)N1CCC[C@H]2CCCC[C@H]21. The van der Waals surface area contributed by atoms with Gasteiger partial charge in [-0.3, -0.25) is 4.79 Å². The van der Waals surface area contributed by atoms with Crippen molar-refractivity contribution in [3.05, 3.63) is 0 Å². The van der Waals surface area contributed by atoms with Crippen LogP contribution in [0.3, 0.4) is 0 Å². The maximum Gasteiger partial charge on any atom is 0.223 e. The summed E-state index contributed by atoms with van der Waals surface area (Å²) in [6, 6.07) is 0.483. The first-order valence-electron chi connectivity index (χ1n) is 6.97. The summed E-state index contributed by atoms with van der Waals surface area (Å²) >= 11 is 0. The monoisotopic (exact) mass is 237 g/mol. The van der Waals surface area contributed by atoms with Crippen LogP contribution in [0.2, 0.25) is 0 Å². The third kappa shape index (κ3) is 3.08. The van der Waals surface area contributed by atoms with E-state index >= 15 is 0 Å². The van der Waals surface area contributed by atoms with E-state index in [4.69, 9.17) is 0 Å². The Morgan fingerprint density at radius 2 is 1.76 bits per heavy atom. The molecule has 3 nitrogen and oxygen atoms in total. The number of hydrogen-bond acceptors (Lipinski definition) is 2. The van der Waals surface area contributed by atoms with E-state index in [2.05, 4.69) is 4.90 Å². The van der Waals surface area contributed by atoms with Crippen LogP contribution >= 0.6 is 0 Å². The highest BCUT2D eigenvalue weighted by Crippen LogP contribution is 2.35. The van der Waals surface area contributed by atoms with Gasteiger partial charge < -0.3 is 9.69 Å². The summed E-state index contributed by atoms with van der Waals surface area (Å²) in [5, 5.41) is 0. The Bertz CT molecular complexity index is 299. The Balaban J connectivity index is 1.93. The van der Waals surface area contributed by atoms with Crippen LogP contribution < -0.4 is 0 Å². The van der Waals surface area contributed by atoms with Gasteiger partial charge in [0.2, 0.25) is 5.91 Å². The molecule has 96 valence electrons. The lowest BCUT2D eigenvalue weighted by molar-refractivity contribution is -0.138. The van der Waals surface area contributed by atoms with Gasteiger partial charge in [-0.15, -0.1) is 0 Å². The molecule has 0 unspecified atom stereocenters. The van der Waals surface area contributed by atoms with Gasteiger partial charge in [-0.2, -0.15) is 0 Å². The van der Waals surface area contributed by atoms with Crippen molar-refractivity contribution >= 4 is 11.7 Å². The van der Waals surface area contributed by atoms with Crippen LogP contribution in [0, 0.1) is 5.92 Å². The number of amides is 1. The number of rotatable bonds is 3. The van der Waals surface area contributed by atoms with Gasteiger partial charge in [0.15, 0.2) is 0 Å². The van der Waals surface area contributed by atoms with Crippen molar-refractivity contribution in [2.75, 3.05) is 6.54 Å². The molecule has 2 rings (SSSR count). The molecule has 1 aliphatic carbocycles. The molecule has 0 radical (unpaired) electrons. The van der Waals surface area contributed by atoms with Gasteiger partial charge in [0.05, 0.1) is 0 Å². The Hall–Kier alpha value is -0.860. The summed E-state index contributed by atoms with van der Waals surface area (Å²) in [4.78, 5) is 25.2. The van der Waals surface area contributed by atoms with Crippen molar-refractivity contribution < 1.29 is 9.59 Å². The molecule has 0 spiro atoms. The minimum absolute atomic E-state index is 0.121. The number of Topliss-reactive ketones (excluding diaryl/α,β-unsaturated/α-hetero) is 1. The second kappa shape index (κ2) is 5.65. The number of likely N-dealkylation sites (tertiary alicyclic amines) is 1. The fraction of sp³-hybridized carbons (Fsp3) is 0.857. The molecule has 1 aliphatic heterocycles. The van der Waals surface area contributed by atoms with E-state index in [1.54, 1.807) is 6.92 Å². The van der Waals surface area contributed by atoms with Gasteiger partial charge in [-0.05, 0) is 38.5 Å². The number of carbonyl (C=O) groups excluding carboxylic acids is 2. The summed E-state index contributed by atoms with van der Waals surface area (Å²) in [7, 11) is 0. The number of fused-ring (bicyclic) bond motifs is 1. The zero-order valence-electron chi connectivity index (χ0n) is 10.8. The molecule has 2 fully saturated rings. The summed E-state index contributed by atoms with van der Waals surface area (Å²) in [5.41, 5.74) is 0. The molecule has 17 heavy (non-hydrogen) atoms. The van der Waals surface area contributed by atoms with E-state index in [9.17, 15) is 9.59 Å². The molecule has 1 saturated carbocycles. The molecular formula is C14H23NO2. The average molecular weight is 237 g/mol. The highest BCUT2D eigenvalue weighted by molar-refractivity contribution is 5.83. The molecule has 1 saturated heterocycles. The van der Waals surface area contributed by atoms with Crippen LogP contribution in [0.1, 0.15) is 58.3 Å². The summed E-state index contributed by atoms with van der Waals surface area (Å²) < 4.78 is 0. The predicted octanol–water partition coefficient (Wildman–Crippen LogP) is 2.54. The van der Waals surface area contributed by atoms with Crippen LogP contribution in [-0.2, 0) is 9.59 Å². The highest BCUT2D eigenvalue weighted by atomic mass is 16.2. The lowest BCUT2D eigenvalue weighted by Gasteiger charge is -2.44. The minimum Gasteiger partial charge on any atom is -0.339 e. The normalized spacial score (nSPS) is 28.6. The van der Waals surface area contributed by atoms with E-state index in [1.807, 2.05) is 0 Å². The molecule has 0 aromatic carbocycles. The Labute approximate surface area is 104 Å². The van der Waals surface area contributed by atoms with Crippen LogP contribution in [-0.4, -0.2) is 29.2 Å². The maximum atomic E-state index is 12.1. The van der Waals surface area contributed by atoms with Crippen molar-refractivity contribution in [1.29, 1.82) is 0 Å². The number of ketones is 1. The number of hydrogen-bond donors (Lipinski definition) is 0. The second-order valence-electron chi connectivity index (χ2n) is 5.54. The minimum atomic E-state index is 0.121. The molecule has 1 amide bonds. The third-order valence-corrected chi connectivity index (χ3v) is 4.25. The molecular weight excluding hydrogens is 214 g/mol. The quantitative estimate of drug-likeness (QED) is 0.756. The lowest BCUT2D eigenvalue weighted by Crippen LogP contribution is -2.49. The van der Waals surface area contributed by atoms with E-state index in [0.717, 1.165) is 18.9 Å². The molecule has 2 atom stereocenters. The third-order valence-electron chi connectivity index (χ3n) is 4.25. The van der Waals surface area contributed by atoms with Crippen molar-refractivity contribution in [1.82, 2.24) is 4.90 Å². The van der Waals surface area contributed by atoms with Crippen LogP contribution in [0.15, 0.2) is 0 Å². The standard InChI is InChI=1S/C14H23NO2/c1-11(16)8-9-14(17)15-10-4-6-12-5-2-3-7-13(12)15/h12-13H,2-10H2,1H3/t12-,13-/m1/s1. The fourth-order valence-electron chi connectivity index (χ4n) is 3.36. The summed E-state index contributed by atoms with van der Waals surface area (Å²) in [5.74, 6) is 1.06. The van der Waals surface area contributed by atoms with Crippen molar-refractivity contribution in [3.8, 4) is 0 Å². The van der Waals surface area contributed by atoms with E-state index in [1.165, 1.54) is 32.1 Å². The van der Waals surface area contributed by atoms with E-state index in [0.29, 0.717) is 18.9 Å². The molecule has 0 bridgehead atoms. The molecule has 0 aromatic heterocycles. The van der Waals surface area contributed by atoms with Crippen LogP contribution in [0.25, 0.3) is 0 Å². The second-order valence-corrected chi connectivity index (χ2v) is 5.54. The van der Waals surface area contributed by atoms with Gasteiger partial charge in [0, 0.05) is 25.4 Å². The number of carbonyl (C=O) groups is 2. The fourth-order valence-corrected chi connectivity index (χ4v) is 3.36. The van der Waals surface area contributed by atoms with Gasteiger partial charge in [-0.25, -0.2) is 0 Å². The van der Waals surface area contributed by atoms with Gasteiger partial charge in [0.1, 0.15) is 5.78 Å². The Morgan fingerprint density at radius 3 is 2.53 bits per heavy atom. The number of piperidine rings is 1. The van der Waals surface area contributed by atoms with E-state index < -0.39 is 0 Å². The Morgan fingerprint density at radius 1 is 1.06 bits per heavy atom. The van der Waals surface area contributed by atoms with Gasteiger partial charge in [-0.1, -0.05) is 12.8 Å². The first-order valence-corrected chi connectivity index (χ1v) is 6.97. The van der Waals surface area contributed by atoms with Crippen molar-refractivity contribution in [2.45, 2.75) is 64.3 Å². The van der Waals surface area contributed by atoms with Crippen molar-refractivity contribution in [3.63, 3.8) is 0 Å². The molecule has 2 aliphatic rings. The zero-order chi connectivity index (χ0) is 12.3. The van der Waals surface area contributed by atoms with Crippen molar-refractivity contribution in [2.24, 2.45) is 5.92 Å². The topological polar surface area (TPSA) is 37.4 Å². The molecule has 0 N–H and O–H groups in total. The first-order chi connectivity index (χ1) is 8.18. The Kier molecular flexibility index (Phi) is 4.19. The smallest absolute Gasteiger partial charge is 0.223 e. The van der Waals surface area contributed by atoms with Crippen LogP contribution in [0.5, 0.6) is 0 Å². The summed E-state index contributed by atoms with van der Waals surface area (Å²) in [6.45, 7) is 2.48. The number of nitrogens with zero attached hydrogens (tertiary/aromatic N) is 1. The molecule has 0 aromatic rings. The van der Waals surface area contributed by atoms with Gasteiger partial charge in [0.25, 0.3) is 0 Å². The zero-order valence-corrected chi connectivity index (χ0v) is 10.8. The van der Waals surface area contributed by atoms with Crippen LogP contribution in [0.4, 0.5) is 0 Å². The van der Waals surface area contributed by atoms with E-state index in [-0.39, 0.29) is 11.7 Å². The average Bonchev–Trinajstić information content (AvgIpc) is 2.35. The molecule has 1 heterocycles.